The Bertz CT molecular complexity index is 230. The third-order valence-electron chi connectivity index (χ3n) is 2.04. The third kappa shape index (κ3) is 3.97. The van der Waals surface area contributed by atoms with Crippen LogP contribution in [0.25, 0.3) is 0 Å². The van der Waals surface area contributed by atoms with E-state index in [1.54, 1.807) is 6.07 Å². The van der Waals surface area contributed by atoms with E-state index in [9.17, 15) is 5.11 Å². The van der Waals surface area contributed by atoms with Crippen molar-refractivity contribution >= 4 is 0 Å². The van der Waals surface area contributed by atoms with Gasteiger partial charge in [0.25, 0.3) is 0 Å². The molecule has 0 fully saturated rings. The molecule has 0 radical (unpaired) electrons. The lowest BCUT2D eigenvalue weighted by molar-refractivity contribution is 0.466. The predicted octanol–water partition coefficient (Wildman–Crippen LogP) is 3.76. The summed E-state index contributed by atoms with van der Waals surface area (Å²) in [6.07, 6.45) is 4.65. The Hall–Kier alpha value is -0.980. The van der Waals surface area contributed by atoms with Crippen molar-refractivity contribution in [3.8, 4) is 5.75 Å². The van der Waals surface area contributed by atoms with Crippen molar-refractivity contribution < 1.29 is 5.11 Å². The van der Waals surface area contributed by atoms with Crippen LogP contribution in [0.15, 0.2) is 24.3 Å². The van der Waals surface area contributed by atoms with Gasteiger partial charge < -0.3 is 5.11 Å². The number of rotatable bonds is 4. The molecule has 0 unspecified atom stereocenters. The van der Waals surface area contributed by atoms with E-state index < -0.39 is 0 Å². The highest BCUT2D eigenvalue weighted by Gasteiger charge is 1.97. The quantitative estimate of drug-likeness (QED) is 0.699. The molecule has 0 atom stereocenters. The fraction of sp³-hybridized carbons (Fsp3) is 0.500. The highest BCUT2D eigenvalue weighted by molar-refractivity contribution is 5.31. The first-order chi connectivity index (χ1) is 5.84. The van der Waals surface area contributed by atoms with Crippen molar-refractivity contribution in [2.24, 2.45) is 0 Å². The molecule has 1 aromatic carbocycles. The average molecular weight is 180 g/mol. The summed E-state index contributed by atoms with van der Waals surface area (Å²) in [6, 6.07) is 7.58. The summed E-state index contributed by atoms with van der Waals surface area (Å²) in [5.41, 5.74) is 1.07. The standard InChI is InChI=1S/C11H16O.CH4/c1-2-3-4-7-10-8-5-6-9-11(10)12;/h5-6,8-9,12H,2-4,7H2,1H3;1H4. The van der Waals surface area contributed by atoms with Crippen LogP contribution in [0, 0.1) is 0 Å². The Morgan fingerprint density at radius 2 is 1.85 bits per heavy atom. The van der Waals surface area contributed by atoms with Gasteiger partial charge in [-0.25, -0.2) is 0 Å². The zero-order chi connectivity index (χ0) is 8.81. The van der Waals surface area contributed by atoms with Crippen molar-refractivity contribution in [3.05, 3.63) is 29.8 Å². The van der Waals surface area contributed by atoms with Crippen molar-refractivity contribution in [2.45, 2.75) is 40.0 Å². The van der Waals surface area contributed by atoms with Crippen LogP contribution in [0.3, 0.4) is 0 Å². The lowest BCUT2D eigenvalue weighted by atomic mass is 10.1. The van der Waals surface area contributed by atoms with Crippen LogP contribution < -0.4 is 0 Å². The first-order valence-corrected chi connectivity index (χ1v) is 4.61. The molecule has 0 saturated carbocycles. The molecular weight excluding hydrogens is 160 g/mol. The number of hydrogen-bond donors (Lipinski definition) is 1. The molecule has 74 valence electrons. The van der Waals surface area contributed by atoms with Gasteiger partial charge in [0.15, 0.2) is 0 Å². The summed E-state index contributed by atoms with van der Waals surface area (Å²) in [5, 5.41) is 9.41. The monoisotopic (exact) mass is 180 g/mol. The number of unbranched alkanes of at least 4 members (excludes halogenated alkanes) is 2. The zero-order valence-corrected chi connectivity index (χ0v) is 7.59. The van der Waals surface area contributed by atoms with E-state index in [-0.39, 0.29) is 7.43 Å². The van der Waals surface area contributed by atoms with Gasteiger partial charge in [-0.15, -0.1) is 0 Å². The van der Waals surface area contributed by atoms with Crippen LogP contribution in [0.4, 0.5) is 0 Å². The molecule has 1 rings (SSSR count). The minimum Gasteiger partial charge on any atom is -0.508 e. The van der Waals surface area contributed by atoms with Crippen LogP contribution in [0.2, 0.25) is 0 Å². The Balaban J connectivity index is 0.00000144. The van der Waals surface area contributed by atoms with E-state index in [1.807, 2.05) is 18.2 Å². The maximum atomic E-state index is 9.41. The second-order valence-corrected chi connectivity index (χ2v) is 3.09. The molecule has 1 aromatic rings. The predicted molar refractivity (Wildman–Crippen MR) is 58.1 cm³/mol. The molecule has 0 spiro atoms. The number of phenolic OH excluding ortho intramolecular Hbond substituents is 1. The lowest BCUT2D eigenvalue weighted by Gasteiger charge is -2.02. The maximum absolute atomic E-state index is 9.41. The molecule has 0 aliphatic carbocycles. The zero-order valence-electron chi connectivity index (χ0n) is 7.59. The Morgan fingerprint density at radius 3 is 2.46 bits per heavy atom. The maximum Gasteiger partial charge on any atom is 0.118 e. The fourth-order valence-corrected chi connectivity index (χ4v) is 1.29. The van der Waals surface area contributed by atoms with E-state index in [2.05, 4.69) is 6.92 Å². The van der Waals surface area contributed by atoms with Crippen LogP contribution in [-0.4, -0.2) is 5.11 Å². The van der Waals surface area contributed by atoms with E-state index >= 15 is 0 Å². The number of aromatic hydroxyl groups is 1. The van der Waals surface area contributed by atoms with E-state index in [4.69, 9.17) is 0 Å². The molecule has 0 heterocycles. The molecule has 1 nitrogen and oxygen atoms in total. The Kier molecular flexibility index (Phi) is 6.03. The van der Waals surface area contributed by atoms with Crippen LogP contribution in [0.1, 0.15) is 39.2 Å². The fourth-order valence-electron chi connectivity index (χ4n) is 1.29. The van der Waals surface area contributed by atoms with Gasteiger partial charge in [-0.2, -0.15) is 0 Å². The molecule has 1 heteroatoms. The minimum absolute atomic E-state index is 0. The van der Waals surface area contributed by atoms with Gasteiger partial charge in [-0.1, -0.05) is 45.4 Å². The molecule has 0 aliphatic rings. The molecule has 0 aliphatic heterocycles. The first-order valence-electron chi connectivity index (χ1n) is 4.61. The van der Waals surface area contributed by atoms with E-state index in [0.717, 1.165) is 12.0 Å². The van der Waals surface area contributed by atoms with Crippen molar-refractivity contribution in [1.29, 1.82) is 0 Å². The van der Waals surface area contributed by atoms with Gasteiger partial charge in [0, 0.05) is 0 Å². The van der Waals surface area contributed by atoms with Crippen molar-refractivity contribution in [2.75, 3.05) is 0 Å². The van der Waals surface area contributed by atoms with E-state index in [1.165, 1.54) is 19.3 Å². The SMILES string of the molecule is C.CCCCCc1ccccc1O. The normalized spacial score (nSPS) is 9.31. The summed E-state index contributed by atoms with van der Waals surface area (Å²) in [7, 11) is 0. The van der Waals surface area contributed by atoms with Gasteiger partial charge in [-0.05, 0) is 24.5 Å². The molecule has 0 bridgehead atoms. The topological polar surface area (TPSA) is 20.2 Å². The van der Waals surface area contributed by atoms with Gasteiger partial charge in [0.2, 0.25) is 0 Å². The second-order valence-electron chi connectivity index (χ2n) is 3.09. The van der Waals surface area contributed by atoms with Crippen LogP contribution >= 0.6 is 0 Å². The molecule has 0 amide bonds. The summed E-state index contributed by atoms with van der Waals surface area (Å²) in [4.78, 5) is 0. The van der Waals surface area contributed by atoms with Crippen molar-refractivity contribution in [1.82, 2.24) is 0 Å². The minimum atomic E-state index is 0. The Labute approximate surface area is 81.4 Å². The Morgan fingerprint density at radius 1 is 1.15 bits per heavy atom. The van der Waals surface area contributed by atoms with Gasteiger partial charge >= 0.3 is 0 Å². The number of benzene rings is 1. The van der Waals surface area contributed by atoms with Gasteiger partial charge in [0.05, 0.1) is 0 Å². The lowest BCUT2D eigenvalue weighted by Crippen LogP contribution is -1.85. The molecule has 0 saturated heterocycles. The molecule has 0 aromatic heterocycles. The van der Waals surface area contributed by atoms with Crippen LogP contribution in [-0.2, 0) is 6.42 Å². The molecule has 1 N–H and O–H groups in total. The van der Waals surface area contributed by atoms with Gasteiger partial charge in [0.1, 0.15) is 5.75 Å². The number of hydrogen-bond acceptors (Lipinski definition) is 1. The number of aryl methyl sites for hydroxylation is 1. The van der Waals surface area contributed by atoms with Crippen molar-refractivity contribution in [3.63, 3.8) is 0 Å². The summed E-state index contributed by atoms with van der Waals surface area (Å²) < 4.78 is 0. The smallest absolute Gasteiger partial charge is 0.118 e. The number of para-hydroxylation sites is 1. The summed E-state index contributed by atoms with van der Waals surface area (Å²) in [5.74, 6) is 0.439. The summed E-state index contributed by atoms with van der Waals surface area (Å²) in [6.45, 7) is 2.19. The highest BCUT2D eigenvalue weighted by atomic mass is 16.3. The molecule has 13 heavy (non-hydrogen) atoms. The highest BCUT2D eigenvalue weighted by Crippen LogP contribution is 2.17. The average Bonchev–Trinajstić information content (AvgIpc) is 2.09. The first kappa shape index (κ1) is 12.0. The number of phenols is 1. The third-order valence-corrected chi connectivity index (χ3v) is 2.04. The molecular formula is C12H20O. The van der Waals surface area contributed by atoms with Gasteiger partial charge in [-0.3, -0.25) is 0 Å². The summed E-state index contributed by atoms with van der Waals surface area (Å²) >= 11 is 0. The van der Waals surface area contributed by atoms with E-state index in [0.29, 0.717) is 5.75 Å². The largest absolute Gasteiger partial charge is 0.508 e. The van der Waals surface area contributed by atoms with Crippen LogP contribution in [0.5, 0.6) is 5.75 Å². The second kappa shape index (κ2) is 6.53.